The first kappa shape index (κ1) is 13.4. The largest absolute Gasteiger partial charge is 0.323 e. The Morgan fingerprint density at radius 1 is 1.58 bits per heavy atom. The Bertz CT molecular complexity index is 638. The summed E-state index contributed by atoms with van der Waals surface area (Å²) in [6.07, 6.45) is 2.32. The van der Waals surface area contributed by atoms with Gasteiger partial charge >= 0.3 is 0 Å². The van der Waals surface area contributed by atoms with Crippen molar-refractivity contribution < 1.29 is 4.39 Å². The summed E-state index contributed by atoms with van der Waals surface area (Å²) in [5.41, 5.74) is 1.65. The van der Waals surface area contributed by atoms with Crippen molar-refractivity contribution in [2.45, 2.75) is 38.1 Å². The van der Waals surface area contributed by atoms with Crippen molar-refractivity contribution in [1.82, 2.24) is 9.55 Å². The van der Waals surface area contributed by atoms with Crippen molar-refractivity contribution in [3.8, 4) is 0 Å². The lowest BCUT2D eigenvalue weighted by molar-refractivity contribution is 0.619. The molecule has 1 saturated carbocycles. The topological polar surface area (TPSA) is 17.8 Å². The molecule has 19 heavy (non-hydrogen) atoms. The molecule has 102 valence electrons. The number of hydrogen-bond acceptors (Lipinski definition) is 1. The lowest BCUT2D eigenvalue weighted by Crippen LogP contribution is -2.03. The summed E-state index contributed by atoms with van der Waals surface area (Å²) in [6, 6.07) is 3.75. The SMILES string of the molecule is CCC1CC1n1c(C(C)Cl)nc2cc(F)c(Br)cc21. The molecule has 0 bridgehead atoms. The van der Waals surface area contributed by atoms with E-state index in [4.69, 9.17) is 11.6 Å². The first-order valence-corrected chi connectivity index (χ1v) is 7.76. The number of imidazole rings is 1. The van der Waals surface area contributed by atoms with Gasteiger partial charge < -0.3 is 4.57 Å². The summed E-state index contributed by atoms with van der Waals surface area (Å²) in [4.78, 5) is 4.51. The molecular weight excluding hydrogens is 331 g/mol. The molecule has 3 unspecified atom stereocenters. The Balaban J connectivity index is 2.21. The molecule has 5 heteroatoms. The molecule has 0 radical (unpaired) electrons. The molecule has 1 aliphatic rings. The van der Waals surface area contributed by atoms with E-state index in [1.54, 1.807) is 0 Å². The third kappa shape index (κ3) is 2.19. The van der Waals surface area contributed by atoms with Crippen LogP contribution in [0.2, 0.25) is 0 Å². The van der Waals surface area contributed by atoms with Crippen molar-refractivity contribution in [3.63, 3.8) is 0 Å². The Morgan fingerprint density at radius 2 is 2.32 bits per heavy atom. The van der Waals surface area contributed by atoms with Gasteiger partial charge in [0.2, 0.25) is 0 Å². The van der Waals surface area contributed by atoms with Crippen LogP contribution in [0.3, 0.4) is 0 Å². The first-order valence-electron chi connectivity index (χ1n) is 6.53. The van der Waals surface area contributed by atoms with Crippen LogP contribution in [0.4, 0.5) is 4.39 Å². The number of hydrogen-bond donors (Lipinski definition) is 0. The predicted molar refractivity (Wildman–Crippen MR) is 79.1 cm³/mol. The number of rotatable bonds is 3. The van der Waals surface area contributed by atoms with Crippen LogP contribution in [0.25, 0.3) is 11.0 Å². The lowest BCUT2D eigenvalue weighted by atomic mass is 10.3. The third-order valence-corrected chi connectivity index (χ3v) is 4.66. The minimum Gasteiger partial charge on any atom is -0.323 e. The van der Waals surface area contributed by atoms with E-state index in [1.807, 2.05) is 13.0 Å². The van der Waals surface area contributed by atoms with Gasteiger partial charge in [0.05, 0.1) is 20.9 Å². The maximum atomic E-state index is 13.6. The van der Waals surface area contributed by atoms with Gasteiger partial charge in [0.25, 0.3) is 0 Å². The number of nitrogens with zero attached hydrogens (tertiary/aromatic N) is 2. The Hall–Kier alpha value is -0.610. The number of fused-ring (bicyclic) bond motifs is 1. The fourth-order valence-corrected chi connectivity index (χ4v) is 3.21. The summed E-state index contributed by atoms with van der Waals surface area (Å²) < 4.78 is 16.3. The van der Waals surface area contributed by atoms with Crippen LogP contribution in [0.1, 0.15) is 43.9 Å². The van der Waals surface area contributed by atoms with Gasteiger partial charge in [-0.05, 0) is 41.3 Å². The fourth-order valence-electron chi connectivity index (χ4n) is 2.72. The van der Waals surface area contributed by atoms with Gasteiger partial charge in [-0.3, -0.25) is 0 Å². The highest BCUT2D eigenvalue weighted by Gasteiger charge is 2.39. The number of aromatic nitrogens is 2. The molecule has 0 spiro atoms. The molecule has 2 aromatic rings. The highest BCUT2D eigenvalue weighted by Crippen LogP contribution is 2.48. The van der Waals surface area contributed by atoms with Gasteiger partial charge in [0.1, 0.15) is 11.6 Å². The molecule has 0 N–H and O–H groups in total. The standard InChI is InChI=1S/C14H15BrClFN2/c1-3-8-4-12(8)19-13-5-9(15)10(17)6-11(13)18-14(19)7(2)16/h5-8,12H,3-4H2,1-2H3. The van der Waals surface area contributed by atoms with E-state index in [-0.39, 0.29) is 11.2 Å². The van der Waals surface area contributed by atoms with Crippen LogP contribution in [0.5, 0.6) is 0 Å². The monoisotopic (exact) mass is 344 g/mol. The first-order chi connectivity index (χ1) is 9.02. The average Bonchev–Trinajstić information content (AvgIpc) is 3.05. The van der Waals surface area contributed by atoms with Gasteiger partial charge in [0, 0.05) is 12.1 Å². The summed E-state index contributed by atoms with van der Waals surface area (Å²) in [5, 5.41) is -0.174. The van der Waals surface area contributed by atoms with Crippen molar-refractivity contribution >= 4 is 38.6 Å². The molecule has 1 aromatic carbocycles. The highest BCUT2D eigenvalue weighted by atomic mass is 79.9. The van der Waals surface area contributed by atoms with Gasteiger partial charge in [-0.15, -0.1) is 11.6 Å². The smallest absolute Gasteiger partial charge is 0.139 e. The van der Waals surface area contributed by atoms with Crippen LogP contribution >= 0.6 is 27.5 Å². The van der Waals surface area contributed by atoms with Gasteiger partial charge in [0.15, 0.2) is 0 Å². The molecule has 1 aliphatic carbocycles. The second-order valence-electron chi connectivity index (χ2n) is 5.18. The van der Waals surface area contributed by atoms with Crippen molar-refractivity contribution in [1.29, 1.82) is 0 Å². The lowest BCUT2D eigenvalue weighted by Gasteiger charge is -2.10. The van der Waals surface area contributed by atoms with Crippen LogP contribution < -0.4 is 0 Å². The molecule has 3 rings (SSSR count). The minimum atomic E-state index is -0.284. The molecule has 3 atom stereocenters. The fraction of sp³-hybridized carbons (Fsp3) is 0.500. The molecule has 0 amide bonds. The average molecular weight is 346 g/mol. The van der Waals surface area contributed by atoms with Crippen LogP contribution in [0.15, 0.2) is 16.6 Å². The Kier molecular flexibility index (Phi) is 3.34. The van der Waals surface area contributed by atoms with E-state index in [1.165, 1.54) is 6.07 Å². The zero-order valence-corrected chi connectivity index (χ0v) is 13.2. The predicted octanol–water partition coefficient (Wildman–Crippen LogP) is 5.21. The summed E-state index contributed by atoms with van der Waals surface area (Å²) in [7, 11) is 0. The van der Waals surface area contributed by atoms with Crippen LogP contribution in [-0.2, 0) is 0 Å². The number of alkyl halides is 1. The second kappa shape index (κ2) is 4.74. The number of benzene rings is 1. The normalized spacial score (nSPS) is 23.8. The van der Waals surface area contributed by atoms with Crippen molar-refractivity contribution in [2.75, 3.05) is 0 Å². The second-order valence-corrected chi connectivity index (χ2v) is 6.69. The van der Waals surface area contributed by atoms with Gasteiger partial charge in [-0.2, -0.15) is 0 Å². The summed E-state index contributed by atoms with van der Waals surface area (Å²) in [6.45, 7) is 4.11. The van der Waals surface area contributed by atoms with E-state index in [9.17, 15) is 4.39 Å². The zero-order chi connectivity index (χ0) is 13.7. The molecule has 1 aromatic heterocycles. The zero-order valence-electron chi connectivity index (χ0n) is 10.8. The van der Waals surface area contributed by atoms with E-state index in [2.05, 4.69) is 32.4 Å². The maximum Gasteiger partial charge on any atom is 0.139 e. The van der Waals surface area contributed by atoms with Gasteiger partial charge in [-0.1, -0.05) is 13.3 Å². The third-order valence-electron chi connectivity index (χ3n) is 3.86. The van der Waals surface area contributed by atoms with Crippen LogP contribution in [-0.4, -0.2) is 9.55 Å². The molecule has 0 saturated heterocycles. The van der Waals surface area contributed by atoms with E-state index >= 15 is 0 Å². The van der Waals surface area contributed by atoms with E-state index in [0.29, 0.717) is 21.9 Å². The van der Waals surface area contributed by atoms with Crippen LogP contribution in [0, 0.1) is 11.7 Å². The molecular formula is C14H15BrClFN2. The van der Waals surface area contributed by atoms with Crippen molar-refractivity contribution in [2.24, 2.45) is 5.92 Å². The molecule has 1 heterocycles. The summed E-state index contributed by atoms with van der Waals surface area (Å²) >= 11 is 9.48. The highest BCUT2D eigenvalue weighted by molar-refractivity contribution is 9.10. The maximum absolute atomic E-state index is 13.6. The van der Waals surface area contributed by atoms with Crippen molar-refractivity contribution in [3.05, 3.63) is 28.2 Å². The Morgan fingerprint density at radius 3 is 2.89 bits per heavy atom. The number of halogens is 3. The molecule has 1 fully saturated rings. The minimum absolute atomic E-state index is 0.174. The molecule has 2 nitrogen and oxygen atoms in total. The molecule has 0 aliphatic heterocycles. The van der Waals surface area contributed by atoms with Gasteiger partial charge in [-0.25, -0.2) is 9.37 Å². The van der Waals surface area contributed by atoms with E-state index < -0.39 is 0 Å². The van der Waals surface area contributed by atoms with E-state index in [0.717, 1.165) is 24.2 Å². The summed E-state index contributed by atoms with van der Waals surface area (Å²) in [5.74, 6) is 1.25. The Labute approximate surface area is 125 Å². The quantitative estimate of drug-likeness (QED) is 0.698.